The van der Waals surface area contributed by atoms with Crippen LogP contribution in [-0.4, -0.2) is 21.0 Å². The molecule has 0 saturated heterocycles. The first-order chi connectivity index (χ1) is 15.0. The molecule has 5 rings (SSSR count). The van der Waals surface area contributed by atoms with Gasteiger partial charge in [-0.05, 0) is 47.5 Å². The first kappa shape index (κ1) is 19.8. The summed E-state index contributed by atoms with van der Waals surface area (Å²) < 4.78 is 13.6. The van der Waals surface area contributed by atoms with Crippen LogP contribution in [0.25, 0.3) is 11.3 Å². The van der Waals surface area contributed by atoms with Gasteiger partial charge in [0.25, 0.3) is 5.91 Å². The Labute approximate surface area is 188 Å². The highest BCUT2D eigenvalue weighted by Crippen LogP contribution is 2.43. The molecular formula is C24H16Cl2FN3O. The van der Waals surface area contributed by atoms with E-state index in [2.05, 4.69) is 10.2 Å². The van der Waals surface area contributed by atoms with Crippen LogP contribution in [0.15, 0.2) is 72.8 Å². The van der Waals surface area contributed by atoms with Crippen LogP contribution in [0.1, 0.15) is 33.2 Å². The molecule has 7 heteroatoms. The molecule has 31 heavy (non-hydrogen) atoms. The van der Waals surface area contributed by atoms with E-state index >= 15 is 0 Å². The van der Waals surface area contributed by atoms with Gasteiger partial charge in [0.15, 0.2) is 0 Å². The van der Waals surface area contributed by atoms with E-state index in [1.54, 1.807) is 41.3 Å². The van der Waals surface area contributed by atoms with Crippen LogP contribution in [0, 0.1) is 5.82 Å². The number of aromatic nitrogens is 2. The molecule has 4 nitrogen and oxygen atoms in total. The zero-order valence-corrected chi connectivity index (χ0v) is 17.7. The van der Waals surface area contributed by atoms with Crippen molar-refractivity contribution in [2.75, 3.05) is 0 Å². The Morgan fingerprint density at radius 2 is 1.52 bits per heavy atom. The highest BCUT2D eigenvalue weighted by Gasteiger charge is 2.42. The highest BCUT2D eigenvalue weighted by atomic mass is 35.5. The van der Waals surface area contributed by atoms with Crippen molar-refractivity contribution in [1.82, 2.24) is 15.1 Å². The van der Waals surface area contributed by atoms with Gasteiger partial charge >= 0.3 is 0 Å². The fraction of sp³-hybridized carbons (Fsp3) is 0.0833. The minimum absolute atomic E-state index is 0.160. The number of benzene rings is 3. The second-order valence-corrected chi connectivity index (χ2v) is 8.25. The molecule has 1 amide bonds. The summed E-state index contributed by atoms with van der Waals surface area (Å²) in [6.07, 6.45) is 0. The Hall–Kier alpha value is -3.15. The number of nitrogens with one attached hydrogen (secondary N) is 1. The van der Waals surface area contributed by atoms with Gasteiger partial charge in [0.1, 0.15) is 11.5 Å². The van der Waals surface area contributed by atoms with Gasteiger partial charge in [0.2, 0.25) is 0 Å². The summed E-state index contributed by atoms with van der Waals surface area (Å²) in [6, 6.07) is 20.5. The molecule has 3 aromatic carbocycles. The lowest BCUT2D eigenvalue weighted by atomic mass is 9.96. The second-order valence-electron chi connectivity index (χ2n) is 7.38. The molecule has 1 N–H and O–H groups in total. The molecular weight excluding hydrogens is 436 g/mol. The Morgan fingerprint density at radius 1 is 0.903 bits per heavy atom. The lowest BCUT2D eigenvalue weighted by Crippen LogP contribution is -2.29. The van der Waals surface area contributed by atoms with E-state index < -0.39 is 6.04 Å². The maximum absolute atomic E-state index is 13.6. The van der Waals surface area contributed by atoms with Crippen molar-refractivity contribution in [1.29, 1.82) is 0 Å². The number of amides is 1. The maximum Gasteiger partial charge on any atom is 0.273 e. The van der Waals surface area contributed by atoms with Crippen molar-refractivity contribution < 1.29 is 9.18 Å². The Kier molecular flexibility index (Phi) is 5.00. The molecule has 154 valence electrons. The topological polar surface area (TPSA) is 49.0 Å². The molecule has 4 aromatic rings. The molecule has 0 spiro atoms. The summed E-state index contributed by atoms with van der Waals surface area (Å²) in [5, 5.41) is 8.59. The fourth-order valence-electron chi connectivity index (χ4n) is 3.97. The normalized spacial score (nSPS) is 15.4. The number of H-pyrrole nitrogens is 1. The molecule has 2 heterocycles. The van der Waals surface area contributed by atoms with Crippen LogP contribution in [0.5, 0.6) is 0 Å². The van der Waals surface area contributed by atoms with Gasteiger partial charge in [-0.1, -0.05) is 59.6 Å². The van der Waals surface area contributed by atoms with Crippen LogP contribution < -0.4 is 0 Å². The smallest absolute Gasteiger partial charge is 0.273 e. The number of hydrogen-bond acceptors (Lipinski definition) is 2. The van der Waals surface area contributed by atoms with Gasteiger partial charge in [0.05, 0.1) is 11.7 Å². The zero-order valence-electron chi connectivity index (χ0n) is 16.1. The molecule has 0 fully saturated rings. The number of nitrogens with zero attached hydrogens (tertiary/aromatic N) is 2. The first-order valence-corrected chi connectivity index (χ1v) is 10.4. The minimum Gasteiger partial charge on any atom is -0.322 e. The maximum atomic E-state index is 13.6. The lowest BCUT2D eigenvalue weighted by Gasteiger charge is -2.26. The third-order valence-electron chi connectivity index (χ3n) is 5.43. The number of aromatic amines is 1. The minimum atomic E-state index is -0.414. The van der Waals surface area contributed by atoms with E-state index in [-0.39, 0.29) is 11.7 Å². The summed E-state index contributed by atoms with van der Waals surface area (Å²) in [4.78, 5) is 15.1. The van der Waals surface area contributed by atoms with Crippen LogP contribution in [0.2, 0.25) is 10.0 Å². The van der Waals surface area contributed by atoms with Crippen LogP contribution in [-0.2, 0) is 6.54 Å². The second kappa shape index (κ2) is 7.84. The van der Waals surface area contributed by atoms with Crippen LogP contribution in [0.4, 0.5) is 4.39 Å². The molecule has 0 saturated carbocycles. The van der Waals surface area contributed by atoms with Crippen molar-refractivity contribution >= 4 is 29.1 Å². The van der Waals surface area contributed by atoms with E-state index in [4.69, 9.17) is 23.2 Å². The third-order valence-corrected chi connectivity index (χ3v) is 5.94. The SMILES string of the molecule is O=C1c2[nH]nc(-c3ccc(Cl)cc3)c2C(c2ccc(F)cc2)N1Cc1ccc(Cl)cc1. The summed E-state index contributed by atoms with van der Waals surface area (Å²) in [6.45, 7) is 0.376. The number of carbonyl (C=O) groups is 1. The van der Waals surface area contributed by atoms with Crippen LogP contribution in [0.3, 0.4) is 0 Å². The zero-order chi connectivity index (χ0) is 21.5. The van der Waals surface area contributed by atoms with Crippen molar-refractivity contribution in [3.8, 4) is 11.3 Å². The number of rotatable bonds is 4. The standard InChI is InChI=1S/C24H16Cl2FN3O/c25-17-7-1-14(2-8-17)13-30-23(16-5-11-19(27)12-6-16)20-21(28-29-22(20)24(30)31)15-3-9-18(26)10-4-15/h1-12,23H,13H2,(H,28,29). The molecule has 0 radical (unpaired) electrons. The Morgan fingerprint density at radius 3 is 2.16 bits per heavy atom. The van der Waals surface area contributed by atoms with Gasteiger partial charge < -0.3 is 4.90 Å². The van der Waals surface area contributed by atoms with Crippen molar-refractivity contribution in [3.05, 3.63) is 111 Å². The third kappa shape index (κ3) is 3.60. The molecule has 1 aliphatic rings. The summed E-state index contributed by atoms with van der Waals surface area (Å²) in [5.74, 6) is -0.491. The predicted octanol–water partition coefficient (Wildman–Crippen LogP) is 6.27. The van der Waals surface area contributed by atoms with Gasteiger partial charge in [-0.3, -0.25) is 9.89 Å². The van der Waals surface area contributed by atoms with E-state index in [9.17, 15) is 9.18 Å². The van der Waals surface area contributed by atoms with E-state index in [1.807, 2.05) is 24.3 Å². The predicted molar refractivity (Wildman–Crippen MR) is 119 cm³/mol. The molecule has 0 bridgehead atoms. The molecule has 1 atom stereocenters. The highest BCUT2D eigenvalue weighted by molar-refractivity contribution is 6.30. The molecule has 1 unspecified atom stereocenters. The van der Waals surface area contributed by atoms with Crippen molar-refractivity contribution in [2.24, 2.45) is 0 Å². The van der Waals surface area contributed by atoms with E-state index in [1.165, 1.54) is 12.1 Å². The molecule has 1 aromatic heterocycles. The molecule has 1 aliphatic heterocycles. The average molecular weight is 452 g/mol. The lowest BCUT2D eigenvalue weighted by molar-refractivity contribution is 0.0730. The number of hydrogen-bond donors (Lipinski definition) is 1. The number of halogens is 3. The Bertz CT molecular complexity index is 1250. The summed E-state index contributed by atoms with van der Waals surface area (Å²) >= 11 is 12.1. The number of fused-ring (bicyclic) bond motifs is 1. The van der Waals surface area contributed by atoms with Crippen molar-refractivity contribution in [3.63, 3.8) is 0 Å². The number of carbonyl (C=O) groups excluding carboxylic acids is 1. The fourth-order valence-corrected chi connectivity index (χ4v) is 4.22. The summed E-state index contributed by atoms with van der Waals surface area (Å²) in [5.41, 5.74) is 4.47. The van der Waals surface area contributed by atoms with Crippen LogP contribution >= 0.6 is 23.2 Å². The summed E-state index contributed by atoms with van der Waals surface area (Å²) in [7, 11) is 0. The monoisotopic (exact) mass is 451 g/mol. The first-order valence-electron chi connectivity index (χ1n) is 9.66. The molecule has 0 aliphatic carbocycles. The van der Waals surface area contributed by atoms with Gasteiger partial charge in [-0.25, -0.2) is 4.39 Å². The van der Waals surface area contributed by atoms with Crippen molar-refractivity contribution in [2.45, 2.75) is 12.6 Å². The largest absolute Gasteiger partial charge is 0.322 e. The van der Waals surface area contributed by atoms with Gasteiger partial charge in [0, 0.05) is 27.7 Å². The van der Waals surface area contributed by atoms with E-state index in [0.29, 0.717) is 28.0 Å². The quantitative estimate of drug-likeness (QED) is 0.397. The average Bonchev–Trinajstić information content (AvgIpc) is 3.31. The van der Waals surface area contributed by atoms with E-state index in [0.717, 1.165) is 22.3 Å². The Balaban J connectivity index is 1.63. The van der Waals surface area contributed by atoms with Gasteiger partial charge in [-0.2, -0.15) is 5.10 Å². The van der Waals surface area contributed by atoms with Gasteiger partial charge in [-0.15, -0.1) is 0 Å².